The number of benzene rings is 2. The van der Waals surface area contributed by atoms with Gasteiger partial charge in [-0.3, -0.25) is 19.7 Å². The maximum Gasteiger partial charge on any atom is 0.270 e. The molecular weight excluding hydrogens is 526 g/mol. The lowest BCUT2D eigenvalue weighted by Gasteiger charge is -2.27. The maximum atomic E-state index is 13.7. The van der Waals surface area contributed by atoms with Gasteiger partial charge in [0.2, 0.25) is 0 Å². The number of hydrogen-bond acceptors (Lipinski definition) is 7. The van der Waals surface area contributed by atoms with E-state index in [2.05, 4.69) is 4.98 Å². The highest BCUT2D eigenvalue weighted by Crippen LogP contribution is 2.36. The number of aliphatic hydroxyl groups is 1. The number of rotatable bonds is 10. The normalized spacial score (nSPS) is 19.1. The zero-order valence-electron chi connectivity index (χ0n) is 22.7. The minimum atomic E-state index is -0.640. The summed E-state index contributed by atoms with van der Waals surface area (Å²) in [5.74, 6) is -0.818. The van der Waals surface area contributed by atoms with Crippen molar-refractivity contribution in [1.29, 1.82) is 0 Å². The van der Waals surface area contributed by atoms with Gasteiger partial charge in [-0.05, 0) is 62.5 Å². The molecule has 2 heterocycles. The third-order valence-electron chi connectivity index (χ3n) is 8.29. The molecule has 2 fully saturated rings. The number of amides is 1. The molecule has 3 aromatic rings. The van der Waals surface area contributed by atoms with Crippen LogP contribution in [-0.4, -0.2) is 44.3 Å². The fourth-order valence-corrected chi connectivity index (χ4v) is 7.17. The third kappa shape index (κ3) is 6.31. The lowest BCUT2D eigenvalue weighted by Crippen LogP contribution is -2.32. The number of aromatic nitrogens is 1. The number of likely N-dealkylation sites (tertiary alicyclic amines) is 1. The van der Waals surface area contributed by atoms with Crippen molar-refractivity contribution < 1.29 is 19.6 Å². The van der Waals surface area contributed by atoms with Crippen molar-refractivity contribution in [2.24, 2.45) is 11.8 Å². The summed E-state index contributed by atoms with van der Waals surface area (Å²) in [6.45, 7) is 2.44. The first-order chi connectivity index (χ1) is 19.3. The second-order valence-corrected chi connectivity index (χ2v) is 12.0. The summed E-state index contributed by atoms with van der Waals surface area (Å²) in [6.07, 6.45) is 5.55. The predicted molar refractivity (Wildman–Crippen MR) is 154 cm³/mol. The molecule has 0 bridgehead atoms. The average molecular weight is 562 g/mol. The lowest BCUT2D eigenvalue weighted by molar-refractivity contribution is -0.384. The van der Waals surface area contributed by atoms with Crippen LogP contribution < -0.4 is 0 Å². The van der Waals surface area contributed by atoms with Crippen molar-refractivity contribution in [2.45, 2.75) is 70.4 Å². The van der Waals surface area contributed by atoms with E-state index in [9.17, 15) is 24.8 Å². The molecule has 40 heavy (non-hydrogen) atoms. The van der Waals surface area contributed by atoms with Gasteiger partial charge >= 0.3 is 0 Å². The van der Waals surface area contributed by atoms with Gasteiger partial charge in [0.1, 0.15) is 5.01 Å². The Morgan fingerprint density at radius 2 is 1.82 bits per heavy atom. The van der Waals surface area contributed by atoms with Crippen LogP contribution in [0.2, 0.25) is 0 Å². The van der Waals surface area contributed by atoms with Crippen LogP contribution in [0, 0.1) is 28.9 Å². The summed E-state index contributed by atoms with van der Waals surface area (Å²) in [7, 11) is 0. The van der Waals surface area contributed by atoms with Crippen LogP contribution in [0.5, 0.6) is 0 Å². The predicted octanol–water partition coefficient (Wildman–Crippen LogP) is 6.32. The van der Waals surface area contributed by atoms with Gasteiger partial charge in [0.25, 0.3) is 11.6 Å². The van der Waals surface area contributed by atoms with E-state index >= 15 is 0 Å². The second kappa shape index (κ2) is 12.4. The zero-order valence-corrected chi connectivity index (χ0v) is 23.5. The average Bonchev–Trinajstić information content (AvgIpc) is 3.74. The number of ketones is 1. The standard InChI is InChI=1S/C31H35N3O5S/c1-20-19-40-30(32-20)27-12-7-13-33(27)31(37)25-15-23(16-26(17-25)34(38)39)28(35)18-24(14-21-8-3-2-4-9-21)29(36)22-10-5-6-11-22/h2-4,8-9,15-17,19,22,24,27,29,36H,5-7,10-14,18H2,1H3/t24-,27-,29-/m1/s1. The Kier molecular flexibility index (Phi) is 8.71. The smallest absolute Gasteiger partial charge is 0.270 e. The summed E-state index contributed by atoms with van der Waals surface area (Å²) < 4.78 is 0. The van der Waals surface area contributed by atoms with Crippen LogP contribution in [0.1, 0.15) is 88.0 Å². The Bertz CT molecular complexity index is 1370. The summed E-state index contributed by atoms with van der Waals surface area (Å²) in [4.78, 5) is 44.9. The van der Waals surface area contributed by atoms with E-state index in [4.69, 9.17) is 0 Å². The molecule has 1 N–H and O–H groups in total. The maximum absolute atomic E-state index is 13.7. The number of aryl methyl sites for hydroxylation is 1. The number of nitro benzene ring substituents is 1. The van der Waals surface area contributed by atoms with E-state index in [0.717, 1.165) is 54.8 Å². The first-order valence-corrected chi connectivity index (χ1v) is 15.0. The Morgan fingerprint density at radius 3 is 2.50 bits per heavy atom. The Morgan fingerprint density at radius 1 is 1.10 bits per heavy atom. The van der Waals surface area contributed by atoms with Crippen LogP contribution in [0.15, 0.2) is 53.9 Å². The number of carbonyl (C=O) groups is 2. The van der Waals surface area contributed by atoms with E-state index in [0.29, 0.717) is 13.0 Å². The molecule has 1 aromatic heterocycles. The molecule has 1 aliphatic carbocycles. The summed E-state index contributed by atoms with van der Waals surface area (Å²) in [6, 6.07) is 13.6. The van der Waals surface area contributed by atoms with Crippen LogP contribution >= 0.6 is 11.3 Å². The highest BCUT2D eigenvalue weighted by Gasteiger charge is 2.35. The SMILES string of the molecule is Cc1csc([C@H]2CCCN2C(=O)c2cc(C(=O)C[C@@H](Cc3ccccc3)[C@H](O)C3CCCC3)cc([N+](=O)[O-])c2)n1. The van der Waals surface area contributed by atoms with Gasteiger partial charge in [0.05, 0.1) is 17.1 Å². The zero-order chi connectivity index (χ0) is 28.2. The number of Topliss-reactive ketones (excluding diaryl/α,β-unsaturated/α-hetero) is 1. The van der Waals surface area contributed by atoms with Crippen molar-refractivity contribution in [3.63, 3.8) is 0 Å². The van der Waals surface area contributed by atoms with Gasteiger partial charge in [0.15, 0.2) is 5.78 Å². The minimum Gasteiger partial charge on any atom is -0.393 e. The van der Waals surface area contributed by atoms with Gasteiger partial charge in [-0.25, -0.2) is 4.98 Å². The van der Waals surface area contributed by atoms with Crippen molar-refractivity contribution in [3.8, 4) is 0 Å². The summed E-state index contributed by atoms with van der Waals surface area (Å²) in [5.41, 5.74) is 1.91. The number of aliphatic hydroxyl groups excluding tert-OH is 1. The van der Waals surface area contributed by atoms with E-state index in [-0.39, 0.29) is 52.8 Å². The van der Waals surface area contributed by atoms with Crippen LogP contribution in [0.25, 0.3) is 0 Å². The first kappa shape index (κ1) is 28.1. The van der Waals surface area contributed by atoms with Crippen molar-refractivity contribution in [2.75, 3.05) is 6.54 Å². The first-order valence-electron chi connectivity index (χ1n) is 14.1. The van der Waals surface area contributed by atoms with E-state index in [1.807, 2.05) is 42.6 Å². The molecule has 210 valence electrons. The molecular formula is C31H35N3O5S. The third-order valence-corrected chi connectivity index (χ3v) is 9.35. The van der Waals surface area contributed by atoms with Crippen molar-refractivity contribution >= 4 is 28.7 Å². The van der Waals surface area contributed by atoms with Crippen LogP contribution in [-0.2, 0) is 6.42 Å². The largest absolute Gasteiger partial charge is 0.393 e. The number of hydrogen-bond donors (Lipinski definition) is 1. The molecule has 8 nitrogen and oxygen atoms in total. The molecule has 9 heteroatoms. The fraction of sp³-hybridized carbons (Fsp3) is 0.452. The second-order valence-electron chi connectivity index (χ2n) is 11.1. The van der Waals surface area contributed by atoms with Gasteiger partial charge in [0, 0.05) is 47.3 Å². The van der Waals surface area contributed by atoms with Gasteiger partial charge in [-0.15, -0.1) is 11.3 Å². The number of nitrogens with zero attached hydrogens (tertiary/aromatic N) is 3. The van der Waals surface area contributed by atoms with E-state index < -0.39 is 11.0 Å². The number of carbonyl (C=O) groups excluding carboxylic acids is 2. The van der Waals surface area contributed by atoms with Crippen molar-refractivity contribution in [1.82, 2.24) is 9.88 Å². The molecule has 1 amide bonds. The van der Waals surface area contributed by atoms with Gasteiger partial charge < -0.3 is 10.0 Å². The number of non-ortho nitro benzene ring substituents is 1. The molecule has 1 saturated heterocycles. The Balaban J connectivity index is 1.41. The van der Waals surface area contributed by atoms with Crippen LogP contribution in [0.4, 0.5) is 5.69 Å². The fourth-order valence-electron chi connectivity index (χ4n) is 6.23. The molecule has 2 aromatic carbocycles. The lowest BCUT2D eigenvalue weighted by atomic mass is 9.81. The summed E-state index contributed by atoms with van der Waals surface area (Å²) in [5, 5.41) is 25.9. The summed E-state index contributed by atoms with van der Waals surface area (Å²) >= 11 is 1.51. The van der Waals surface area contributed by atoms with Crippen molar-refractivity contribution in [3.05, 3.63) is 91.4 Å². The van der Waals surface area contributed by atoms with E-state index in [1.165, 1.54) is 29.5 Å². The van der Waals surface area contributed by atoms with Crippen LogP contribution in [0.3, 0.4) is 0 Å². The number of nitro groups is 1. The highest BCUT2D eigenvalue weighted by atomic mass is 32.1. The molecule has 1 aliphatic heterocycles. The minimum absolute atomic E-state index is 0.0477. The molecule has 1 saturated carbocycles. The molecule has 5 rings (SSSR count). The van der Waals surface area contributed by atoms with Gasteiger partial charge in [-0.2, -0.15) is 0 Å². The van der Waals surface area contributed by atoms with E-state index in [1.54, 1.807) is 4.90 Å². The molecule has 0 unspecified atom stereocenters. The molecule has 0 radical (unpaired) electrons. The molecule has 2 aliphatic rings. The van der Waals surface area contributed by atoms with Gasteiger partial charge in [-0.1, -0.05) is 43.2 Å². The molecule has 3 atom stereocenters. The Labute approximate surface area is 238 Å². The quantitative estimate of drug-likeness (QED) is 0.176. The highest BCUT2D eigenvalue weighted by molar-refractivity contribution is 7.09. The topological polar surface area (TPSA) is 114 Å². The Hall–Kier alpha value is -3.43. The molecule has 0 spiro atoms. The monoisotopic (exact) mass is 561 g/mol. The number of thiazole rings is 1.